The Labute approximate surface area is 197 Å². The van der Waals surface area contributed by atoms with Gasteiger partial charge in [-0.2, -0.15) is 0 Å². The lowest BCUT2D eigenvalue weighted by molar-refractivity contribution is -0.250. The van der Waals surface area contributed by atoms with Gasteiger partial charge in [0, 0.05) is 11.6 Å². The van der Waals surface area contributed by atoms with Crippen LogP contribution in [0, 0.1) is 0 Å². The maximum atomic E-state index is 12.7. The average Bonchev–Trinajstić information content (AvgIpc) is 2.92. The van der Waals surface area contributed by atoms with Crippen LogP contribution in [0.3, 0.4) is 0 Å². The molecule has 202 valence electrons. The van der Waals surface area contributed by atoms with E-state index < -0.39 is 60.2 Å². The monoisotopic (exact) mass is 568 g/mol. The van der Waals surface area contributed by atoms with Crippen LogP contribution in [-0.2, 0) is 31.6 Å². The van der Waals surface area contributed by atoms with Crippen molar-refractivity contribution in [3.63, 3.8) is 0 Å². The van der Waals surface area contributed by atoms with E-state index in [9.17, 15) is 43.4 Å². The van der Waals surface area contributed by atoms with Gasteiger partial charge in [-0.15, -0.1) is 0 Å². The highest BCUT2D eigenvalue weighted by Gasteiger charge is 2.44. The van der Waals surface area contributed by atoms with Crippen molar-refractivity contribution >= 4 is 34.2 Å². The van der Waals surface area contributed by atoms with E-state index in [2.05, 4.69) is 13.1 Å². The standard InChI is InChI=1S/C14H18NO14P3.3H3N/c16-11-10(7-26-31(22,23)29-32(24,25)28-30(19,20)21)27-14(12(11)17)15-6-5-8-3-1-2-4-9(8)13(15)18;;;/h1-6,10-12,14,16-17H,7H2,(H,22,23)(H,24,25)(H2,19,20,21);3*1H3/t10-,11-,12-,14-;;;/m1.../s1. The molecule has 0 amide bonds. The Morgan fingerprint density at radius 1 is 0.943 bits per heavy atom. The number of fused-ring (bicyclic) bond motifs is 1. The molecule has 1 saturated heterocycles. The largest absolute Gasteiger partial charge is 0.756 e. The molecule has 0 bridgehead atoms. The molecule has 1 aromatic carbocycles. The molecule has 3 unspecified atom stereocenters. The number of rotatable bonds is 8. The summed E-state index contributed by atoms with van der Waals surface area (Å²) < 4.78 is 50.4. The molecule has 1 aliphatic rings. The minimum atomic E-state index is -6.09. The zero-order valence-electron chi connectivity index (χ0n) is 18.6. The summed E-state index contributed by atoms with van der Waals surface area (Å²) in [5, 5.41) is 21.2. The van der Waals surface area contributed by atoms with E-state index in [0.717, 1.165) is 4.57 Å². The van der Waals surface area contributed by atoms with Crippen LogP contribution in [0.4, 0.5) is 0 Å². The SMILES string of the molecule is O=c1c2ccccc2ccn1[C@@H]1O[C@H](COP(=O)([O-])OP(=O)([O-])OP(=O)([O-])O)[C@@H](O)[C@H]1O.[NH4+].[NH4+].[NH4+]. The number of benzene rings is 1. The lowest BCUT2D eigenvalue weighted by Gasteiger charge is -2.33. The van der Waals surface area contributed by atoms with Gasteiger partial charge in [0.25, 0.3) is 29.0 Å². The maximum absolute atomic E-state index is 12.7. The number of pyridine rings is 1. The number of phosphoric acid groups is 3. The van der Waals surface area contributed by atoms with Crippen molar-refractivity contribution in [2.24, 2.45) is 0 Å². The molecular formula is C14H27N4O14P3. The third-order valence-electron chi connectivity index (χ3n) is 4.25. The second-order valence-electron chi connectivity index (χ2n) is 6.48. The minimum Gasteiger partial charge on any atom is -0.756 e. The molecule has 15 N–H and O–H groups in total. The minimum absolute atomic E-state index is 0. The van der Waals surface area contributed by atoms with Crippen LogP contribution in [0.2, 0.25) is 0 Å². The zero-order chi connectivity index (χ0) is 23.9. The van der Waals surface area contributed by atoms with E-state index in [1.54, 1.807) is 24.3 Å². The maximum Gasteiger partial charge on any atom is 0.280 e. The highest BCUT2D eigenvalue weighted by molar-refractivity contribution is 7.65. The molecule has 1 fully saturated rings. The zero-order valence-corrected chi connectivity index (χ0v) is 21.3. The van der Waals surface area contributed by atoms with Gasteiger partial charge >= 0.3 is 0 Å². The number of aromatic nitrogens is 1. The first-order valence-electron chi connectivity index (χ1n) is 8.54. The van der Waals surface area contributed by atoms with Crippen molar-refractivity contribution in [3.8, 4) is 0 Å². The predicted molar refractivity (Wildman–Crippen MR) is 115 cm³/mol. The summed E-state index contributed by atoms with van der Waals surface area (Å²) in [5.74, 6) is 0. The number of hydrogen-bond donors (Lipinski definition) is 6. The molecule has 0 aliphatic carbocycles. The normalized spacial score (nSPS) is 26.8. The third kappa shape index (κ3) is 8.31. The van der Waals surface area contributed by atoms with Gasteiger partial charge in [0.2, 0.25) is 0 Å². The highest BCUT2D eigenvalue weighted by atomic mass is 31.3. The fourth-order valence-corrected chi connectivity index (χ4v) is 5.85. The Bertz CT molecular complexity index is 1200. The second kappa shape index (κ2) is 12.2. The van der Waals surface area contributed by atoms with Gasteiger partial charge in [-0.25, -0.2) is 8.62 Å². The number of hydrogen-bond acceptors (Lipinski definition) is 13. The van der Waals surface area contributed by atoms with Crippen molar-refractivity contribution in [1.82, 2.24) is 23.0 Å². The van der Waals surface area contributed by atoms with Crippen LogP contribution < -0.4 is 38.7 Å². The molecule has 0 radical (unpaired) electrons. The van der Waals surface area contributed by atoms with Crippen molar-refractivity contribution in [3.05, 3.63) is 46.9 Å². The number of quaternary nitrogens is 3. The predicted octanol–water partition coefficient (Wildman–Crippen LogP) is -0.803. The molecule has 7 atom stereocenters. The first-order valence-corrected chi connectivity index (χ1v) is 13.0. The van der Waals surface area contributed by atoms with Crippen molar-refractivity contribution in [2.45, 2.75) is 24.5 Å². The average molecular weight is 568 g/mol. The molecule has 0 spiro atoms. The van der Waals surface area contributed by atoms with Crippen LogP contribution in [0.5, 0.6) is 0 Å². The van der Waals surface area contributed by atoms with Crippen LogP contribution in [0.25, 0.3) is 10.8 Å². The van der Waals surface area contributed by atoms with Crippen LogP contribution in [0.1, 0.15) is 6.23 Å². The quantitative estimate of drug-likeness (QED) is 0.212. The van der Waals surface area contributed by atoms with Crippen LogP contribution >= 0.6 is 23.5 Å². The summed E-state index contributed by atoms with van der Waals surface area (Å²) in [6.45, 7) is -1.09. The molecular weight excluding hydrogens is 541 g/mol. The first-order chi connectivity index (χ1) is 14.7. The molecule has 2 heterocycles. The van der Waals surface area contributed by atoms with Gasteiger partial charge in [-0.05, 0) is 17.5 Å². The summed E-state index contributed by atoms with van der Waals surface area (Å²) in [4.78, 5) is 54.2. The van der Waals surface area contributed by atoms with E-state index in [1.807, 2.05) is 0 Å². The summed E-state index contributed by atoms with van der Waals surface area (Å²) in [7, 11) is -17.8. The molecule has 1 aliphatic heterocycles. The van der Waals surface area contributed by atoms with Gasteiger partial charge in [0.1, 0.15) is 18.3 Å². The van der Waals surface area contributed by atoms with E-state index in [-0.39, 0.29) is 23.8 Å². The molecule has 0 saturated carbocycles. The van der Waals surface area contributed by atoms with E-state index in [1.165, 1.54) is 12.3 Å². The van der Waals surface area contributed by atoms with Gasteiger partial charge < -0.3 is 57.5 Å². The molecule has 21 heteroatoms. The smallest absolute Gasteiger partial charge is 0.280 e. The number of phosphoric ester groups is 1. The number of aliphatic hydroxyl groups excluding tert-OH is 2. The molecule has 3 rings (SSSR count). The van der Waals surface area contributed by atoms with Crippen molar-refractivity contribution in [2.75, 3.05) is 6.61 Å². The Morgan fingerprint density at radius 2 is 1.54 bits per heavy atom. The van der Waals surface area contributed by atoms with E-state index in [4.69, 9.17) is 9.63 Å². The summed E-state index contributed by atoms with van der Waals surface area (Å²) in [6.07, 6.45) is -5.21. The summed E-state index contributed by atoms with van der Waals surface area (Å²) >= 11 is 0. The fraction of sp³-hybridized carbons (Fsp3) is 0.357. The third-order valence-corrected chi connectivity index (χ3v) is 7.94. The Balaban J connectivity index is 0.00000385. The van der Waals surface area contributed by atoms with Gasteiger partial charge in [0.15, 0.2) is 6.23 Å². The lowest BCUT2D eigenvalue weighted by atomic mass is 10.1. The van der Waals surface area contributed by atoms with E-state index in [0.29, 0.717) is 5.39 Å². The van der Waals surface area contributed by atoms with Gasteiger partial charge in [-0.3, -0.25) is 23.1 Å². The van der Waals surface area contributed by atoms with Gasteiger partial charge in [0.05, 0.1) is 6.61 Å². The van der Waals surface area contributed by atoms with Crippen molar-refractivity contribution < 1.29 is 61.4 Å². The van der Waals surface area contributed by atoms with E-state index >= 15 is 0 Å². The number of ether oxygens (including phenoxy) is 1. The fourth-order valence-electron chi connectivity index (χ4n) is 2.95. The molecule has 1 aromatic heterocycles. The first kappa shape index (κ1) is 33.6. The molecule has 18 nitrogen and oxygen atoms in total. The van der Waals surface area contributed by atoms with Crippen LogP contribution in [-0.4, -0.2) is 44.6 Å². The topological polar surface area (TPSA) is 350 Å². The second-order valence-corrected chi connectivity index (χ2v) is 10.8. The Morgan fingerprint density at radius 3 is 2.14 bits per heavy atom. The van der Waals surface area contributed by atoms with Gasteiger partial charge in [-0.1, -0.05) is 18.2 Å². The Hall–Kier alpha value is -1.40. The molecule has 2 aromatic rings. The lowest BCUT2D eigenvalue weighted by Crippen LogP contribution is -2.35. The summed E-state index contributed by atoms with van der Waals surface area (Å²) in [5.41, 5.74) is -0.575. The molecule has 35 heavy (non-hydrogen) atoms. The summed E-state index contributed by atoms with van der Waals surface area (Å²) in [6, 6.07) is 8.05. The van der Waals surface area contributed by atoms with Crippen molar-refractivity contribution in [1.29, 1.82) is 0 Å². The number of aliphatic hydroxyl groups is 2. The van der Waals surface area contributed by atoms with Crippen LogP contribution in [0.15, 0.2) is 41.3 Å². The highest BCUT2D eigenvalue weighted by Crippen LogP contribution is 2.61. The Kier molecular flexibility index (Phi) is 11.7. The number of nitrogens with zero attached hydrogens (tertiary/aromatic N) is 1.